The van der Waals surface area contributed by atoms with E-state index in [1.165, 1.54) is 0 Å². The first-order chi connectivity index (χ1) is 10.2. The molecule has 0 aliphatic heterocycles. The van der Waals surface area contributed by atoms with Gasteiger partial charge in [-0.1, -0.05) is 0 Å². The zero-order valence-corrected chi connectivity index (χ0v) is 12.9. The second-order valence-corrected chi connectivity index (χ2v) is 4.43. The summed E-state index contributed by atoms with van der Waals surface area (Å²) in [5.41, 5.74) is 0.699. The number of ether oxygens (including phenoxy) is 4. The lowest BCUT2D eigenvalue weighted by molar-refractivity contribution is 0.0703. The smallest absolute Gasteiger partial charge is 0.124 e. The van der Waals surface area contributed by atoms with Gasteiger partial charge in [0.15, 0.2) is 0 Å². The molecular formula is C15H25NO5. The first-order valence-corrected chi connectivity index (χ1v) is 6.90. The Morgan fingerprint density at radius 3 is 2.57 bits per heavy atom. The standard InChI is InChI=1S/C15H25NO5/c1-18-8-9-21-7-6-16-11-14(17)13-10-12(19-2)4-5-15(13)20-3/h4-5,10,14,16-17H,6-9,11H2,1-3H3. The molecule has 21 heavy (non-hydrogen) atoms. The van der Waals surface area contributed by atoms with Crippen molar-refractivity contribution in [3.63, 3.8) is 0 Å². The number of methoxy groups -OCH3 is 3. The van der Waals surface area contributed by atoms with Crippen LogP contribution in [0.5, 0.6) is 11.5 Å². The molecule has 0 bridgehead atoms. The van der Waals surface area contributed by atoms with E-state index in [4.69, 9.17) is 18.9 Å². The second kappa shape index (κ2) is 10.4. The third kappa shape index (κ3) is 6.31. The molecule has 1 unspecified atom stereocenters. The quantitative estimate of drug-likeness (QED) is 0.594. The summed E-state index contributed by atoms with van der Waals surface area (Å²) in [6.45, 7) is 2.81. The highest BCUT2D eigenvalue weighted by molar-refractivity contribution is 5.41. The monoisotopic (exact) mass is 299 g/mol. The molecule has 0 fully saturated rings. The molecule has 0 saturated carbocycles. The Balaban J connectivity index is 2.38. The fourth-order valence-electron chi connectivity index (χ4n) is 1.84. The summed E-state index contributed by atoms with van der Waals surface area (Å²) in [7, 11) is 4.81. The van der Waals surface area contributed by atoms with Gasteiger partial charge in [0.25, 0.3) is 0 Å². The molecule has 0 saturated heterocycles. The first kappa shape index (κ1) is 17.7. The van der Waals surface area contributed by atoms with Crippen LogP contribution in [0.25, 0.3) is 0 Å². The normalized spacial score (nSPS) is 12.2. The molecule has 0 aliphatic carbocycles. The molecule has 120 valence electrons. The molecular weight excluding hydrogens is 274 g/mol. The van der Waals surface area contributed by atoms with Crippen LogP contribution in [0.15, 0.2) is 18.2 Å². The van der Waals surface area contributed by atoms with E-state index in [9.17, 15) is 5.11 Å². The van der Waals surface area contributed by atoms with Gasteiger partial charge in [0.2, 0.25) is 0 Å². The van der Waals surface area contributed by atoms with Gasteiger partial charge in [-0.25, -0.2) is 0 Å². The molecule has 1 rings (SSSR count). The summed E-state index contributed by atoms with van der Waals surface area (Å²) in [4.78, 5) is 0. The summed E-state index contributed by atoms with van der Waals surface area (Å²) in [5.74, 6) is 1.33. The SMILES string of the molecule is COCCOCCNCC(O)c1cc(OC)ccc1OC. The molecule has 1 aromatic carbocycles. The molecule has 0 heterocycles. The number of hydrogen-bond acceptors (Lipinski definition) is 6. The Morgan fingerprint density at radius 1 is 1.10 bits per heavy atom. The molecule has 1 aromatic rings. The van der Waals surface area contributed by atoms with Gasteiger partial charge in [0.1, 0.15) is 11.5 Å². The third-order valence-electron chi connectivity index (χ3n) is 2.99. The molecule has 0 amide bonds. The topological polar surface area (TPSA) is 69.2 Å². The van der Waals surface area contributed by atoms with Crippen molar-refractivity contribution in [1.82, 2.24) is 5.32 Å². The van der Waals surface area contributed by atoms with Crippen LogP contribution in [0, 0.1) is 0 Å². The van der Waals surface area contributed by atoms with E-state index in [-0.39, 0.29) is 0 Å². The predicted molar refractivity (Wildman–Crippen MR) is 80.1 cm³/mol. The second-order valence-electron chi connectivity index (χ2n) is 4.43. The lowest BCUT2D eigenvalue weighted by Crippen LogP contribution is -2.26. The maximum atomic E-state index is 10.2. The molecule has 0 aliphatic rings. The fourth-order valence-corrected chi connectivity index (χ4v) is 1.84. The van der Waals surface area contributed by atoms with Gasteiger partial charge in [-0.15, -0.1) is 0 Å². The van der Waals surface area contributed by atoms with E-state index >= 15 is 0 Å². The van der Waals surface area contributed by atoms with Gasteiger partial charge in [-0.05, 0) is 18.2 Å². The summed E-state index contributed by atoms with van der Waals surface area (Å²) in [5, 5.41) is 13.4. The van der Waals surface area contributed by atoms with Gasteiger partial charge in [0.05, 0.1) is 40.1 Å². The van der Waals surface area contributed by atoms with Crippen LogP contribution in [0.4, 0.5) is 0 Å². The van der Waals surface area contributed by atoms with Crippen molar-refractivity contribution in [2.24, 2.45) is 0 Å². The highest BCUT2D eigenvalue weighted by atomic mass is 16.5. The lowest BCUT2D eigenvalue weighted by atomic mass is 10.1. The minimum atomic E-state index is -0.672. The Labute approximate surface area is 126 Å². The first-order valence-electron chi connectivity index (χ1n) is 6.90. The number of hydrogen-bond donors (Lipinski definition) is 2. The molecule has 1 atom stereocenters. The van der Waals surface area contributed by atoms with Gasteiger partial charge in [-0.2, -0.15) is 0 Å². The third-order valence-corrected chi connectivity index (χ3v) is 2.99. The maximum absolute atomic E-state index is 10.2. The highest BCUT2D eigenvalue weighted by Crippen LogP contribution is 2.28. The van der Waals surface area contributed by atoms with Crippen LogP contribution in [0.2, 0.25) is 0 Å². The largest absolute Gasteiger partial charge is 0.497 e. The van der Waals surface area contributed by atoms with Crippen LogP contribution in [0.1, 0.15) is 11.7 Å². The van der Waals surface area contributed by atoms with Crippen molar-refractivity contribution >= 4 is 0 Å². The fraction of sp³-hybridized carbons (Fsp3) is 0.600. The van der Waals surface area contributed by atoms with E-state index in [0.717, 1.165) is 0 Å². The van der Waals surface area contributed by atoms with Crippen molar-refractivity contribution in [3.8, 4) is 11.5 Å². The number of aliphatic hydroxyl groups excluding tert-OH is 1. The van der Waals surface area contributed by atoms with Gasteiger partial charge in [-0.3, -0.25) is 0 Å². The number of aliphatic hydroxyl groups is 1. The van der Waals surface area contributed by atoms with E-state index in [1.807, 2.05) is 0 Å². The van der Waals surface area contributed by atoms with Crippen LogP contribution in [0.3, 0.4) is 0 Å². The lowest BCUT2D eigenvalue weighted by Gasteiger charge is -2.16. The van der Waals surface area contributed by atoms with E-state index in [2.05, 4.69) is 5.32 Å². The molecule has 0 aromatic heterocycles. The van der Waals surface area contributed by atoms with Crippen LogP contribution < -0.4 is 14.8 Å². The van der Waals surface area contributed by atoms with Crippen molar-refractivity contribution in [1.29, 1.82) is 0 Å². The average Bonchev–Trinajstić information content (AvgIpc) is 2.53. The highest BCUT2D eigenvalue weighted by Gasteiger charge is 2.14. The van der Waals surface area contributed by atoms with Crippen LogP contribution in [-0.4, -0.2) is 59.3 Å². The van der Waals surface area contributed by atoms with Gasteiger partial charge >= 0.3 is 0 Å². The Hall–Kier alpha value is -1.34. The predicted octanol–water partition coefficient (Wildman–Crippen LogP) is 0.990. The summed E-state index contributed by atoms with van der Waals surface area (Å²) in [6.07, 6.45) is -0.672. The number of nitrogens with one attached hydrogen (secondary N) is 1. The summed E-state index contributed by atoms with van der Waals surface area (Å²) < 4.78 is 20.6. The van der Waals surface area contributed by atoms with Crippen molar-refractivity contribution in [2.75, 3.05) is 54.2 Å². The Morgan fingerprint density at radius 2 is 1.90 bits per heavy atom. The van der Waals surface area contributed by atoms with Crippen LogP contribution in [-0.2, 0) is 9.47 Å². The maximum Gasteiger partial charge on any atom is 0.124 e. The molecule has 0 spiro atoms. The van der Waals surface area contributed by atoms with Crippen molar-refractivity contribution < 1.29 is 24.1 Å². The van der Waals surface area contributed by atoms with E-state index in [0.29, 0.717) is 50.0 Å². The minimum absolute atomic E-state index is 0.414. The molecule has 6 nitrogen and oxygen atoms in total. The summed E-state index contributed by atoms with van der Waals surface area (Å²) >= 11 is 0. The zero-order valence-electron chi connectivity index (χ0n) is 12.9. The Kier molecular flexibility index (Phi) is 8.77. The van der Waals surface area contributed by atoms with Crippen molar-refractivity contribution in [3.05, 3.63) is 23.8 Å². The van der Waals surface area contributed by atoms with E-state index in [1.54, 1.807) is 39.5 Å². The number of benzene rings is 1. The van der Waals surface area contributed by atoms with E-state index < -0.39 is 6.10 Å². The van der Waals surface area contributed by atoms with Crippen LogP contribution >= 0.6 is 0 Å². The number of rotatable bonds is 11. The van der Waals surface area contributed by atoms with Gasteiger partial charge < -0.3 is 29.4 Å². The summed E-state index contributed by atoms with van der Waals surface area (Å²) in [6, 6.07) is 5.36. The molecule has 6 heteroatoms. The molecule has 2 N–H and O–H groups in total. The zero-order chi connectivity index (χ0) is 15.5. The Bertz CT molecular complexity index is 400. The van der Waals surface area contributed by atoms with Gasteiger partial charge in [0, 0.05) is 25.8 Å². The average molecular weight is 299 g/mol. The van der Waals surface area contributed by atoms with Crippen molar-refractivity contribution in [2.45, 2.75) is 6.10 Å². The molecule has 0 radical (unpaired) electrons. The minimum Gasteiger partial charge on any atom is -0.497 e.